The predicted molar refractivity (Wildman–Crippen MR) is 48.9 cm³/mol. The number of benzene rings is 1. The van der Waals surface area contributed by atoms with E-state index in [4.69, 9.17) is 9.47 Å². The van der Waals surface area contributed by atoms with Crippen molar-refractivity contribution in [1.82, 2.24) is 0 Å². The van der Waals surface area contributed by atoms with E-state index in [0.717, 1.165) is 0 Å². The van der Waals surface area contributed by atoms with E-state index in [1.165, 1.54) is 14.2 Å². The van der Waals surface area contributed by atoms with Gasteiger partial charge >= 0.3 is 6.41 Å². The molecule has 0 aliphatic carbocycles. The highest BCUT2D eigenvalue weighted by atomic mass is 16.5. The third-order valence-corrected chi connectivity index (χ3v) is 1.59. The molecule has 13 heavy (non-hydrogen) atoms. The Morgan fingerprint density at radius 3 is 2.62 bits per heavy atom. The molecule has 0 spiro atoms. The molecule has 1 N–H and O–H groups in total. The van der Waals surface area contributed by atoms with Gasteiger partial charge in [0.15, 0.2) is 11.5 Å². The first-order chi connectivity index (χ1) is 6.33. The Bertz CT molecular complexity index is 299. The lowest BCUT2D eigenvalue weighted by Gasteiger charge is -2.10. The highest BCUT2D eigenvalue weighted by Gasteiger charge is 2.07. The third kappa shape index (κ3) is 1.90. The van der Waals surface area contributed by atoms with Crippen LogP contribution < -0.4 is 14.8 Å². The SMILES string of the molecule is COc1cccc(N[C]=O)c1OC. The lowest BCUT2D eigenvalue weighted by atomic mass is 10.2. The zero-order chi connectivity index (χ0) is 9.68. The maximum atomic E-state index is 10.1. The van der Waals surface area contributed by atoms with Crippen molar-refractivity contribution >= 4 is 12.1 Å². The van der Waals surface area contributed by atoms with Crippen LogP contribution in [0.2, 0.25) is 0 Å². The summed E-state index contributed by atoms with van der Waals surface area (Å²) in [4.78, 5) is 10.1. The molecule has 4 nitrogen and oxygen atoms in total. The van der Waals surface area contributed by atoms with Crippen molar-refractivity contribution < 1.29 is 14.3 Å². The summed E-state index contributed by atoms with van der Waals surface area (Å²) >= 11 is 0. The van der Waals surface area contributed by atoms with Crippen LogP contribution in [0.5, 0.6) is 11.5 Å². The smallest absolute Gasteiger partial charge is 0.314 e. The molecule has 1 aromatic carbocycles. The van der Waals surface area contributed by atoms with E-state index < -0.39 is 0 Å². The van der Waals surface area contributed by atoms with Crippen molar-refractivity contribution in [2.24, 2.45) is 0 Å². The topological polar surface area (TPSA) is 47.6 Å². The minimum Gasteiger partial charge on any atom is -0.493 e. The lowest BCUT2D eigenvalue weighted by Crippen LogP contribution is -1.98. The number of ether oxygens (including phenoxy) is 2. The van der Waals surface area contributed by atoms with Crippen LogP contribution in [0.15, 0.2) is 18.2 Å². The van der Waals surface area contributed by atoms with Gasteiger partial charge in [0.2, 0.25) is 0 Å². The Hall–Kier alpha value is -1.71. The molecule has 69 valence electrons. The van der Waals surface area contributed by atoms with Crippen LogP contribution in [0, 0.1) is 0 Å². The standard InChI is InChI=1S/C9H10NO3/c1-12-8-5-3-4-7(10-6-11)9(8)13-2/h3-5H,1-2H3,(H,10,11). The Labute approximate surface area is 76.5 Å². The first-order valence-corrected chi connectivity index (χ1v) is 3.67. The number of hydrogen-bond donors (Lipinski definition) is 1. The molecule has 0 aliphatic rings. The maximum Gasteiger partial charge on any atom is 0.314 e. The molecule has 0 saturated carbocycles. The summed E-state index contributed by atoms with van der Waals surface area (Å²) in [5.41, 5.74) is 0.539. The first-order valence-electron chi connectivity index (χ1n) is 3.67. The average molecular weight is 180 g/mol. The summed E-state index contributed by atoms with van der Waals surface area (Å²) < 4.78 is 10.1. The van der Waals surface area contributed by atoms with E-state index in [0.29, 0.717) is 17.2 Å². The minimum absolute atomic E-state index is 0.494. The maximum absolute atomic E-state index is 10.1. The molecule has 1 amide bonds. The van der Waals surface area contributed by atoms with Gasteiger partial charge in [-0.3, -0.25) is 4.79 Å². The van der Waals surface area contributed by atoms with E-state index in [-0.39, 0.29) is 0 Å². The summed E-state index contributed by atoms with van der Waals surface area (Å²) in [5, 5.41) is 2.39. The number of rotatable bonds is 4. The first kappa shape index (κ1) is 9.38. The summed E-state index contributed by atoms with van der Waals surface area (Å²) in [6.45, 7) is 0. The fourth-order valence-electron chi connectivity index (χ4n) is 1.04. The van der Waals surface area contributed by atoms with Crippen molar-refractivity contribution in [2.45, 2.75) is 0 Å². The zero-order valence-corrected chi connectivity index (χ0v) is 7.46. The van der Waals surface area contributed by atoms with Gasteiger partial charge in [0.05, 0.1) is 19.9 Å². The molecule has 4 heteroatoms. The number of hydrogen-bond acceptors (Lipinski definition) is 3. The van der Waals surface area contributed by atoms with Crippen LogP contribution >= 0.6 is 0 Å². The summed E-state index contributed by atoms with van der Waals surface area (Å²) in [7, 11) is 3.04. The van der Waals surface area contributed by atoms with E-state index in [9.17, 15) is 4.79 Å². The van der Waals surface area contributed by atoms with Crippen LogP contribution in [0.4, 0.5) is 5.69 Å². The van der Waals surface area contributed by atoms with Crippen LogP contribution in [0.1, 0.15) is 0 Å². The normalized spacial score (nSPS) is 9.08. The molecule has 0 atom stereocenters. The molecule has 0 aromatic heterocycles. The Morgan fingerprint density at radius 1 is 1.31 bits per heavy atom. The molecule has 0 heterocycles. The zero-order valence-electron chi connectivity index (χ0n) is 7.46. The predicted octanol–water partition coefficient (Wildman–Crippen LogP) is 1.18. The Morgan fingerprint density at radius 2 is 2.08 bits per heavy atom. The van der Waals surface area contributed by atoms with Crippen LogP contribution in [0.25, 0.3) is 0 Å². The lowest BCUT2D eigenvalue weighted by molar-refractivity contribution is 0.356. The van der Waals surface area contributed by atoms with Crippen LogP contribution in [-0.2, 0) is 4.79 Å². The fraction of sp³-hybridized carbons (Fsp3) is 0.222. The van der Waals surface area contributed by atoms with Gasteiger partial charge in [-0.2, -0.15) is 0 Å². The van der Waals surface area contributed by atoms with Gasteiger partial charge < -0.3 is 14.8 Å². The molecule has 0 fully saturated rings. The molecular formula is C9H10NO3. The molecule has 1 radical (unpaired) electrons. The van der Waals surface area contributed by atoms with E-state index >= 15 is 0 Å². The molecular weight excluding hydrogens is 170 g/mol. The van der Waals surface area contributed by atoms with Crippen molar-refractivity contribution in [1.29, 1.82) is 0 Å². The number of para-hydroxylation sites is 1. The summed E-state index contributed by atoms with van der Waals surface area (Å²) in [6.07, 6.45) is 1.57. The van der Waals surface area contributed by atoms with Gasteiger partial charge in [-0.15, -0.1) is 0 Å². The van der Waals surface area contributed by atoms with E-state index in [1.54, 1.807) is 24.6 Å². The van der Waals surface area contributed by atoms with Crippen molar-refractivity contribution in [3.8, 4) is 11.5 Å². The number of carbonyl (C=O) groups excluding carboxylic acids is 1. The molecule has 0 saturated heterocycles. The minimum atomic E-state index is 0.494. The summed E-state index contributed by atoms with van der Waals surface area (Å²) in [6, 6.07) is 5.20. The van der Waals surface area contributed by atoms with Crippen molar-refractivity contribution in [3.63, 3.8) is 0 Å². The fourth-order valence-corrected chi connectivity index (χ4v) is 1.04. The molecule has 0 unspecified atom stereocenters. The molecule has 0 aliphatic heterocycles. The average Bonchev–Trinajstić information content (AvgIpc) is 2.18. The summed E-state index contributed by atoms with van der Waals surface area (Å²) in [5.74, 6) is 1.07. The van der Waals surface area contributed by atoms with E-state index in [2.05, 4.69) is 5.32 Å². The quantitative estimate of drug-likeness (QED) is 0.708. The molecule has 1 rings (SSSR count). The van der Waals surface area contributed by atoms with Crippen LogP contribution in [0.3, 0.4) is 0 Å². The van der Waals surface area contributed by atoms with Crippen LogP contribution in [-0.4, -0.2) is 20.6 Å². The Balaban J connectivity index is 3.10. The molecule has 0 bridgehead atoms. The van der Waals surface area contributed by atoms with Crippen molar-refractivity contribution in [3.05, 3.63) is 18.2 Å². The van der Waals surface area contributed by atoms with Gasteiger partial charge in [-0.1, -0.05) is 6.07 Å². The second kappa shape index (κ2) is 4.35. The number of anilines is 1. The number of nitrogens with one attached hydrogen (secondary N) is 1. The number of methoxy groups -OCH3 is 2. The van der Waals surface area contributed by atoms with E-state index in [1.807, 2.05) is 0 Å². The van der Waals surface area contributed by atoms with Gasteiger partial charge in [0, 0.05) is 0 Å². The number of amides is 1. The van der Waals surface area contributed by atoms with Gasteiger partial charge in [-0.05, 0) is 12.1 Å². The highest BCUT2D eigenvalue weighted by Crippen LogP contribution is 2.34. The second-order valence-corrected chi connectivity index (χ2v) is 2.27. The second-order valence-electron chi connectivity index (χ2n) is 2.27. The molecule has 1 aromatic rings. The van der Waals surface area contributed by atoms with Gasteiger partial charge in [0.25, 0.3) is 0 Å². The highest BCUT2D eigenvalue weighted by molar-refractivity contribution is 5.77. The Kier molecular flexibility index (Phi) is 3.14. The monoisotopic (exact) mass is 180 g/mol. The third-order valence-electron chi connectivity index (χ3n) is 1.59. The van der Waals surface area contributed by atoms with Gasteiger partial charge in [-0.25, -0.2) is 0 Å². The van der Waals surface area contributed by atoms with Crippen molar-refractivity contribution in [2.75, 3.05) is 19.5 Å². The largest absolute Gasteiger partial charge is 0.493 e. The van der Waals surface area contributed by atoms with Gasteiger partial charge in [0.1, 0.15) is 0 Å².